The third kappa shape index (κ3) is 9.72. The molecule has 0 unspecified atom stereocenters. The first-order valence-electron chi connectivity index (χ1n) is 12.7. The van der Waals surface area contributed by atoms with E-state index in [-0.39, 0.29) is 5.57 Å². The Balaban J connectivity index is 1.76. The highest BCUT2D eigenvalue weighted by atomic mass is 16.5. The van der Waals surface area contributed by atoms with Crippen molar-refractivity contribution in [1.82, 2.24) is 0 Å². The van der Waals surface area contributed by atoms with Gasteiger partial charge in [0.15, 0.2) is 0 Å². The van der Waals surface area contributed by atoms with Crippen LogP contribution in [-0.2, 0) is 4.74 Å². The van der Waals surface area contributed by atoms with Crippen molar-refractivity contribution < 1.29 is 4.74 Å². The van der Waals surface area contributed by atoms with Gasteiger partial charge in [0.2, 0.25) is 0 Å². The minimum absolute atomic E-state index is 0.0864. The molecule has 2 rings (SSSR count). The molecule has 0 bridgehead atoms. The van der Waals surface area contributed by atoms with Gasteiger partial charge in [-0.25, -0.2) is 0 Å². The highest BCUT2D eigenvalue weighted by molar-refractivity contribution is 5.59. The maximum absolute atomic E-state index is 9.11. The summed E-state index contributed by atoms with van der Waals surface area (Å²) in [5, 5.41) is 18.2. The molecule has 0 amide bonds. The summed E-state index contributed by atoms with van der Waals surface area (Å²) >= 11 is 0. The van der Waals surface area contributed by atoms with Crippen LogP contribution in [0.4, 0.5) is 5.69 Å². The molecule has 1 aliphatic rings. The molecule has 0 fully saturated rings. The molecule has 1 aliphatic heterocycles. The zero-order valence-corrected chi connectivity index (χ0v) is 21.1. The lowest BCUT2D eigenvalue weighted by molar-refractivity contribution is 0.318. The molecule has 0 aromatic heterocycles. The van der Waals surface area contributed by atoms with Crippen LogP contribution >= 0.6 is 0 Å². The molecule has 4 nitrogen and oxygen atoms in total. The number of hydrogen-bond donors (Lipinski definition) is 0. The van der Waals surface area contributed by atoms with E-state index >= 15 is 0 Å². The first-order valence-corrected chi connectivity index (χ1v) is 12.7. The molecule has 4 heteroatoms. The molecule has 180 valence electrons. The monoisotopic (exact) mass is 457 g/mol. The van der Waals surface area contributed by atoms with E-state index in [0.717, 1.165) is 12.1 Å². The molecule has 1 aromatic carbocycles. The molecule has 0 radical (unpaired) electrons. The molecule has 1 heterocycles. The maximum atomic E-state index is 9.11. The zero-order chi connectivity index (χ0) is 24.6. The summed E-state index contributed by atoms with van der Waals surface area (Å²) in [6.07, 6.45) is 20.8. The highest BCUT2D eigenvalue weighted by Gasteiger charge is 2.10. The number of hydrogen-bond acceptors (Lipinski definition) is 4. The van der Waals surface area contributed by atoms with Crippen LogP contribution in [0.15, 0.2) is 65.2 Å². The molecule has 34 heavy (non-hydrogen) atoms. The first-order chi connectivity index (χ1) is 16.6. The molecule has 0 spiro atoms. The van der Waals surface area contributed by atoms with Crippen molar-refractivity contribution in [3.05, 3.63) is 70.7 Å². The maximum Gasteiger partial charge on any atom is 0.137 e. The zero-order valence-electron chi connectivity index (χ0n) is 21.1. The molecule has 0 aliphatic carbocycles. The summed E-state index contributed by atoms with van der Waals surface area (Å²) in [6, 6.07) is 12.4. The van der Waals surface area contributed by atoms with E-state index in [4.69, 9.17) is 15.3 Å². The number of rotatable bonds is 14. The van der Waals surface area contributed by atoms with Crippen molar-refractivity contribution in [2.75, 3.05) is 18.5 Å². The van der Waals surface area contributed by atoms with Gasteiger partial charge in [-0.1, -0.05) is 82.9 Å². The van der Waals surface area contributed by atoms with Crippen LogP contribution in [0.5, 0.6) is 0 Å². The number of nitriles is 2. The van der Waals surface area contributed by atoms with Crippen LogP contribution < -0.4 is 4.90 Å². The Kier molecular flexibility index (Phi) is 12.4. The topological polar surface area (TPSA) is 60.0 Å². The third-order valence-corrected chi connectivity index (χ3v) is 6.07. The predicted molar refractivity (Wildman–Crippen MR) is 142 cm³/mol. The van der Waals surface area contributed by atoms with Gasteiger partial charge in [0.25, 0.3) is 0 Å². The molecular weight excluding hydrogens is 418 g/mol. The van der Waals surface area contributed by atoms with E-state index in [1.54, 1.807) is 12.2 Å². The Hall–Kier alpha value is -3.24. The second-order valence-corrected chi connectivity index (χ2v) is 8.99. The van der Waals surface area contributed by atoms with E-state index in [1.807, 2.05) is 31.2 Å². The van der Waals surface area contributed by atoms with Crippen molar-refractivity contribution in [3.8, 4) is 12.1 Å². The van der Waals surface area contributed by atoms with Crippen LogP contribution in [0.2, 0.25) is 0 Å². The van der Waals surface area contributed by atoms with Gasteiger partial charge in [-0.3, -0.25) is 0 Å². The number of ether oxygens (including phenoxy) is 1. The number of nitrogens with zero attached hydrogens (tertiary/aromatic N) is 3. The van der Waals surface area contributed by atoms with Gasteiger partial charge in [-0.2, -0.15) is 10.5 Å². The van der Waals surface area contributed by atoms with E-state index < -0.39 is 0 Å². The van der Waals surface area contributed by atoms with E-state index in [9.17, 15) is 0 Å². The third-order valence-electron chi connectivity index (χ3n) is 6.07. The minimum atomic E-state index is 0.0864. The molecule has 0 saturated carbocycles. The quantitative estimate of drug-likeness (QED) is 0.208. The van der Waals surface area contributed by atoms with Gasteiger partial charge in [0.1, 0.15) is 29.2 Å². The van der Waals surface area contributed by atoms with Crippen LogP contribution in [0.3, 0.4) is 0 Å². The Bertz CT molecular complexity index is 952. The standard InChI is InChI=1S/C30H39N3O/c1-4-5-6-7-8-9-10-11-12-13-20-33(3)29-17-14-26(15-18-29)16-19-30-22-27(21-25(2)34-30)28(23-31)24-32/h14-19,21-22H,4-13,20H2,1-3H3/b19-16+. The summed E-state index contributed by atoms with van der Waals surface area (Å²) < 4.78 is 5.71. The predicted octanol–water partition coefficient (Wildman–Crippen LogP) is 8.22. The fraction of sp³-hybridized carbons (Fsp3) is 0.467. The van der Waals surface area contributed by atoms with Crippen molar-refractivity contribution in [1.29, 1.82) is 10.5 Å². The summed E-state index contributed by atoms with van der Waals surface area (Å²) in [7, 11) is 2.16. The van der Waals surface area contributed by atoms with Gasteiger partial charge in [0, 0.05) is 24.9 Å². The van der Waals surface area contributed by atoms with Gasteiger partial charge < -0.3 is 9.64 Å². The SMILES string of the molecule is CCCCCCCCCCCCN(C)c1ccc(/C=C/C2=CC(=C(C#N)C#N)C=C(C)O2)cc1. The van der Waals surface area contributed by atoms with Gasteiger partial charge in [0.05, 0.1) is 0 Å². The van der Waals surface area contributed by atoms with Crippen molar-refractivity contribution in [3.63, 3.8) is 0 Å². The number of unbranched alkanes of at least 4 members (excludes halogenated alkanes) is 9. The van der Waals surface area contributed by atoms with E-state index in [1.165, 1.54) is 69.9 Å². The fourth-order valence-electron chi connectivity index (χ4n) is 4.02. The Morgan fingerprint density at radius 3 is 2.03 bits per heavy atom. The lowest BCUT2D eigenvalue weighted by Gasteiger charge is -2.19. The Morgan fingerprint density at radius 1 is 0.853 bits per heavy atom. The minimum Gasteiger partial charge on any atom is -0.462 e. The number of allylic oxidation sites excluding steroid dienone is 6. The number of anilines is 1. The average molecular weight is 458 g/mol. The van der Waals surface area contributed by atoms with Crippen LogP contribution in [0.25, 0.3) is 6.08 Å². The van der Waals surface area contributed by atoms with Crippen molar-refractivity contribution in [2.24, 2.45) is 0 Å². The Morgan fingerprint density at radius 2 is 1.44 bits per heavy atom. The Labute approximate surface area is 206 Å². The summed E-state index contributed by atoms with van der Waals surface area (Å²) in [5.74, 6) is 1.27. The molecular formula is C30H39N3O. The van der Waals surface area contributed by atoms with Gasteiger partial charge in [-0.15, -0.1) is 0 Å². The molecule has 0 atom stereocenters. The average Bonchev–Trinajstić information content (AvgIpc) is 2.84. The number of benzene rings is 1. The second-order valence-electron chi connectivity index (χ2n) is 8.99. The van der Waals surface area contributed by atoms with Gasteiger partial charge in [-0.05, 0) is 49.3 Å². The fourth-order valence-corrected chi connectivity index (χ4v) is 4.02. The van der Waals surface area contributed by atoms with Gasteiger partial charge >= 0.3 is 0 Å². The van der Waals surface area contributed by atoms with Crippen LogP contribution in [0, 0.1) is 22.7 Å². The van der Waals surface area contributed by atoms with E-state index in [0.29, 0.717) is 17.1 Å². The lowest BCUT2D eigenvalue weighted by Crippen LogP contribution is -2.18. The lowest BCUT2D eigenvalue weighted by atomic mass is 10.1. The van der Waals surface area contributed by atoms with Crippen molar-refractivity contribution in [2.45, 2.75) is 78.1 Å². The summed E-state index contributed by atoms with van der Waals surface area (Å²) in [4.78, 5) is 2.32. The van der Waals surface area contributed by atoms with E-state index in [2.05, 4.69) is 43.1 Å². The highest BCUT2D eigenvalue weighted by Crippen LogP contribution is 2.23. The molecule has 1 aromatic rings. The normalized spacial score (nSPS) is 13.0. The van der Waals surface area contributed by atoms with Crippen LogP contribution in [0.1, 0.15) is 83.6 Å². The molecule has 0 N–H and O–H groups in total. The van der Waals surface area contributed by atoms with Crippen LogP contribution in [-0.4, -0.2) is 13.6 Å². The largest absolute Gasteiger partial charge is 0.462 e. The molecule has 0 saturated heterocycles. The summed E-state index contributed by atoms with van der Waals surface area (Å²) in [5.41, 5.74) is 2.96. The summed E-state index contributed by atoms with van der Waals surface area (Å²) in [6.45, 7) is 5.16. The second kappa shape index (κ2) is 15.6. The van der Waals surface area contributed by atoms with Crippen molar-refractivity contribution >= 4 is 11.8 Å². The smallest absolute Gasteiger partial charge is 0.137 e. The first kappa shape index (κ1) is 27.0.